The highest BCUT2D eigenvalue weighted by atomic mass is 32.1. The summed E-state index contributed by atoms with van der Waals surface area (Å²) in [5.41, 5.74) is 7.39. The largest absolute Gasteiger partial charge is 0.348 e. The monoisotopic (exact) mass is 375 g/mol. The molecule has 0 aromatic carbocycles. The van der Waals surface area contributed by atoms with Crippen LogP contribution < -0.4 is 16.0 Å². The molecule has 140 valence electrons. The Hall–Kier alpha value is -2.13. The van der Waals surface area contributed by atoms with E-state index in [0.29, 0.717) is 13.1 Å². The molecule has 2 aliphatic rings. The van der Waals surface area contributed by atoms with Gasteiger partial charge >= 0.3 is 6.03 Å². The predicted octanol–water partition coefficient (Wildman–Crippen LogP) is 0.982. The number of hydrogen-bond donors (Lipinski definition) is 2. The van der Waals surface area contributed by atoms with Crippen LogP contribution in [0.25, 0.3) is 0 Å². The van der Waals surface area contributed by atoms with Gasteiger partial charge in [0.1, 0.15) is 0 Å². The molecular formula is C17H25N7OS. The van der Waals surface area contributed by atoms with Gasteiger partial charge in [-0.2, -0.15) is 5.10 Å². The number of carbonyl (C=O) groups excluding carboxylic acids is 1. The Morgan fingerprint density at radius 1 is 1.35 bits per heavy atom. The minimum atomic E-state index is -0.0447. The fourth-order valence-corrected chi connectivity index (χ4v) is 4.53. The highest BCUT2D eigenvalue weighted by molar-refractivity contribution is 7.13. The smallest absolute Gasteiger partial charge is 0.317 e. The lowest BCUT2D eigenvalue weighted by molar-refractivity contribution is 0.201. The number of rotatable bonds is 3. The zero-order valence-electron chi connectivity index (χ0n) is 14.9. The molecule has 26 heavy (non-hydrogen) atoms. The molecule has 0 spiro atoms. The number of anilines is 1. The highest BCUT2D eigenvalue weighted by Gasteiger charge is 2.35. The molecule has 2 atom stereocenters. The number of carbonyl (C=O) groups is 1. The summed E-state index contributed by atoms with van der Waals surface area (Å²) in [6, 6.07) is 0.170. The van der Waals surface area contributed by atoms with Crippen molar-refractivity contribution in [2.45, 2.75) is 30.8 Å². The molecule has 0 saturated carbocycles. The Morgan fingerprint density at radius 2 is 2.15 bits per heavy atom. The van der Waals surface area contributed by atoms with Gasteiger partial charge in [0.2, 0.25) is 0 Å². The standard InChI is InChI=1S/C17H25N7OS/c1-22-9-12(8-20-22)14-10-24(11-15(14)18)16(25)21-13-2-5-23(6-3-13)17-19-4-7-26-17/h4,7-9,13-15H,2-3,5-6,10-11,18H2,1H3,(H,21,25)/t14-,15+/m0/s1. The molecule has 8 nitrogen and oxygen atoms in total. The maximum absolute atomic E-state index is 12.7. The summed E-state index contributed by atoms with van der Waals surface area (Å²) in [6.07, 6.45) is 7.55. The summed E-state index contributed by atoms with van der Waals surface area (Å²) in [5, 5.41) is 10.5. The third-order valence-electron chi connectivity index (χ3n) is 5.32. The van der Waals surface area contributed by atoms with Crippen LogP contribution in [0.2, 0.25) is 0 Å². The van der Waals surface area contributed by atoms with Gasteiger partial charge in [-0.15, -0.1) is 11.3 Å². The normalized spacial score (nSPS) is 24.2. The van der Waals surface area contributed by atoms with Gasteiger partial charge in [0.25, 0.3) is 0 Å². The van der Waals surface area contributed by atoms with Crippen LogP contribution in [0.3, 0.4) is 0 Å². The van der Waals surface area contributed by atoms with Gasteiger partial charge in [0.15, 0.2) is 5.13 Å². The number of nitrogens with one attached hydrogen (secondary N) is 1. The van der Waals surface area contributed by atoms with Crippen LogP contribution in [-0.2, 0) is 7.05 Å². The first kappa shape index (κ1) is 17.3. The molecule has 2 fully saturated rings. The highest BCUT2D eigenvalue weighted by Crippen LogP contribution is 2.26. The van der Waals surface area contributed by atoms with E-state index in [4.69, 9.17) is 5.73 Å². The van der Waals surface area contributed by atoms with Crippen LogP contribution in [0.15, 0.2) is 24.0 Å². The third kappa shape index (κ3) is 3.54. The molecule has 3 N–H and O–H groups in total. The van der Waals surface area contributed by atoms with Crippen molar-refractivity contribution < 1.29 is 4.79 Å². The Kier molecular flexibility index (Phi) is 4.82. The van der Waals surface area contributed by atoms with Crippen molar-refractivity contribution >= 4 is 22.5 Å². The number of nitrogens with two attached hydrogens (primary N) is 1. The first-order valence-electron chi connectivity index (χ1n) is 9.04. The zero-order chi connectivity index (χ0) is 18.1. The molecule has 0 unspecified atom stereocenters. The number of aromatic nitrogens is 3. The summed E-state index contributed by atoms with van der Waals surface area (Å²) in [7, 11) is 1.90. The molecule has 2 amide bonds. The van der Waals surface area contributed by atoms with E-state index in [-0.39, 0.29) is 24.0 Å². The van der Waals surface area contributed by atoms with Gasteiger partial charge in [-0.05, 0) is 18.4 Å². The average molecular weight is 376 g/mol. The van der Waals surface area contributed by atoms with Gasteiger partial charge in [-0.3, -0.25) is 4.68 Å². The van der Waals surface area contributed by atoms with Crippen molar-refractivity contribution in [1.29, 1.82) is 0 Å². The molecular weight excluding hydrogens is 350 g/mol. The van der Waals surface area contributed by atoms with Crippen molar-refractivity contribution in [2.75, 3.05) is 31.1 Å². The SMILES string of the molecule is Cn1cc([C@@H]2CN(C(=O)NC3CCN(c4nccs4)CC3)C[C@H]2N)cn1. The van der Waals surface area contributed by atoms with E-state index in [1.165, 1.54) is 0 Å². The number of likely N-dealkylation sites (tertiary alicyclic amines) is 1. The van der Waals surface area contributed by atoms with Crippen molar-refractivity contribution in [3.63, 3.8) is 0 Å². The van der Waals surface area contributed by atoms with Crippen molar-refractivity contribution in [2.24, 2.45) is 12.8 Å². The second-order valence-electron chi connectivity index (χ2n) is 7.15. The molecule has 0 radical (unpaired) electrons. The first-order chi connectivity index (χ1) is 12.6. The van der Waals surface area contributed by atoms with E-state index in [2.05, 4.69) is 20.3 Å². The third-order valence-corrected chi connectivity index (χ3v) is 6.15. The quantitative estimate of drug-likeness (QED) is 0.834. The van der Waals surface area contributed by atoms with Crippen LogP contribution in [0.4, 0.5) is 9.93 Å². The second kappa shape index (κ2) is 7.24. The topological polar surface area (TPSA) is 92.3 Å². The van der Waals surface area contributed by atoms with E-state index in [1.807, 2.05) is 35.9 Å². The van der Waals surface area contributed by atoms with E-state index in [0.717, 1.165) is 36.6 Å². The van der Waals surface area contributed by atoms with E-state index in [1.54, 1.807) is 16.0 Å². The van der Waals surface area contributed by atoms with Gasteiger partial charge < -0.3 is 20.9 Å². The lowest BCUT2D eigenvalue weighted by atomic mass is 9.98. The van der Waals surface area contributed by atoms with E-state index >= 15 is 0 Å². The molecule has 2 aromatic heterocycles. The fourth-order valence-electron chi connectivity index (χ4n) is 3.83. The molecule has 2 aliphatic heterocycles. The zero-order valence-corrected chi connectivity index (χ0v) is 15.7. The Labute approximate surface area is 157 Å². The minimum Gasteiger partial charge on any atom is -0.348 e. The molecule has 0 bridgehead atoms. The van der Waals surface area contributed by atoms with Crippen LogP contribution in [0.5, 0.6) is 0 Å². The lowest BCUT2D eigenvalue weighted by Crippen LogP contribution is -2.49. The van der Waals surface area contributed by atoms with Crippen molar-refractivity contribution in [3.8, 4) is 0 Å². The Bertz CT molecular complexity index is 738. The van der Waals surface area contributed by atoms with Crippen LogP contribution in [0.1, 0.15) is 24.3 Å². The van der Waals surface area contributed by atoms with Crippen molar-refractivity contribution in [1.82, 2.24) is 25.0 Å². The summed E-state index contributed by atoms with van der Waals surface area (Å²) in [6.45, 7) is 3.09. The van der Waals surface area contributed by atoms with Crippen LogP contribution in [-0.4, -0.2) is 64.0 Å². The van der Waals surface area contributed by atoms with Crippen LogP contribution >= 0.6 is 11.3 Å². The number of amides is 2. The summed E-state index contributed by atoms with van der Waals surface area (Å²) in [5.74, 6) is 0.154. The molecule has 4 rings (SSSR count). The average Bonchev–Trinajstić information content (AvgIpc) is 3.36. The maximum Gasteiger partial charge on any atom is 0.317 e. The molecule has 0 aliphatic carbocycles. The lowest BCUT2D eigenvalue weighted by Gasteiger charge is -2.33. The number of piperidine rings is 1. The van der Waals surface area contributed by atoms with E-state index in [9.17, 15) is 4.79 Å². The molecule has 2 aromatic rings. The van der Waals surface area contributed by atoms with Gasteiger partial charge in [0, 0.05) is 69.0 Å². The van der Waals surface area contributed by atoms with Gasteiger partial charge in [0.05, 0.1) is 6.20 Å². The summed E-state index contributed by atoms with van der Waals surface area (Å²) in [4.78, 5) is 21.2. The predicted molar refractivity (Wildman–Crippen MR) is 101 cm³/mol. The van der Waals surface area contributed by atoms with Gasteiger partial charge in [-0.1, -0.05) is 0 Å². The number of urea groups is 1. The van der Waals surface area contributed by atoms with Crippen LogP contribution in [0, 0.1) is 0 Å². The van der Waals surface area contributed by atoms with E-state index < -0.39 is 0 Å². The molecule has 4 heterocycles. The summed E-state index contributed by atoms with van der Waals surface area (Å²) < 4.78 is 1.78. The first-order valence-corrected chi connectivity index (χ1v) is 9.92. The molecule has 9 heteroatoms. The number of hydrogen-bond acceptors (Lipinski definition) is 6. The fraction of sp³-hybridized carbons (Fsp3) is 0.588. The van der Waals surface area contributed by atoms with Crippen molar-refractivity contribution in [3.05, 3.63) is 29.5 Å². The Morgan fingerprint density at radius 3 is 2.81 bits per heavy atom. The second-order valence-corrected chi connectivity index (χ2v) is 8.02. The maximum atomic E-state index is 12.7. The number of thiazole rings is 1. The summed E-state index contributed by atoms with van der Waals surface area (Å²) >= 11 is 1.66. The molecule has 2 saturated heterocycles. The number of nitrogens with zero attached hydrogens (tertiary/aromatic N) is 5. The van der Waals surface area contributed by atoms with Gasteiger partial charge in [-0.25, -0.2) is 9.78 Å². The minimum absolute atomic E-state index is 0.000427. The number of aryl methyl sites for hydroxylation is 1. The Balaban J connectivity index is 1.29.